The van der Waals surface area contributed by atoms with Crippen LogP contribution in [0.15, 0.2) is 47.4 Å². The van der Waals surface area contributed by atoms with Gasteiger partial charge in [-0.2, -0.15) is 0 Å². The fourth-order valence-electron chi connectivity index (χ4n) is 3.78. The van der Waals surface area contributed by atoms with Gasteiger partial charge in [-0.1, -0.05) is 62.2 Å². The van der Waals surface area contributed by atoms with E-state index >= 15 is 0 Å². The number of sulfonamides is 1. The Hall–Kier alpha value is -2.62. The van der Waals surface area contributed by atoms with Crippen molar-refractivity contribution in [3.8, 4) is 0 Å². The highest BCUT2D eigenvalue weighted by Gasteiger charge is 2.43. The fourth-order valence-corrected chi connectivity index (χ4v) is 5.76. The van der Waals surface area contributed by atoms with Gasteiger partial charge in [0.15, 0.2) is 0 Å². The van der Waals surface area contributed by atoms with Crippen molar-refractivity contribution in [3.63, 3.8) is 0 Å². The summed E-state index contributed by atoms with van der Waals surface area (Å²) >= 11 is 12.3. The minimum Gasteiger partial charge on any atom is -0.354 e. The van der Waals surface area contributed by atoms with Gasteiger partial charge in [-0.15, -0.1) is 0 Å². The van der Waals surface area contributed by atoms with Crippen molar-refractivity contribution < 1.29 is 22.8 Å². The van der Waals surface area contributed by atoms with E-state index in [0.29, 0.717) is 26.5 Å². The molecule has 0 spiro atoms. The first kappa shape index (κ1) is 27.0. The Bertz CT molecular complexity index is 1250. The lowest BCUT2D eigenvalue weighted by atomic mass is 10.1. The summed E-state index contributed by atoms with van der Waals surface area (Å²) < 4.78 is 26.5. The van der Waals surface area contributed by atoms with Gasteiger partial charge >= 0.3 is 0 Å². The number of carbonyl (C=O) groups is 3. The molecule has 1 atom stereocenters. The zero-order chi connectivity index (χ0) is 25.9. The number of amides is 3. The van der Waals surface area contributed by atoms with E-state index in [1.165, 1.54) is 29.2 Å². The number of nitrogens with zero attached hydrogens (tertiary/aromatic N) is 2. The Balaban J connectivity index is 1.94. The number of halogens is 2. The van der Waals surface area contributed by atoms with E-state index in [-0.39, 0.29) is 35.2 Å². The van der Waals surface area contributed by atoms with Crippen molar-refractivity contribution in [2.24, 2.45) is 5.92 Å². The van der Waals surface area contributed by atoms with Crippen molar-refractivity contribution in [1.29, 1.82) is 0 Å². The maximum absolute atomic E-state index is 13.5. The van der Waals surface area contributed by atoms with E-state index in [1.807, 2.05) is 13.8 Å². The molecule has 3 rings (SSSR count). The van der Waals surface area contributed by atoms with Crippen LogP contribution < -0.4 is 5.32 Å². The van der Waals surface area contributed by atoms with E-state index in [0.717, 1.165) is 0 Å². The molecule has 35 heavy (non-hydrogen) atoms. The Morgan fingerprint density at radius 3 is 2.40 bits per heavy atom. The van der Waals surface area contributed by atoms with Crippen LogP contribution in [0.3, 0.4) is 0 Å². The molecule has 0 aliphatic carbocycles. The third-order valence-corrected chi connectivity index (χ3v) is 7.99. The fraction of sp³-hybridized carbons (Fsp3) is 0.375. The van der Waals surface area contributed by atoms with Crippen LogP contribution in [0.2, 0.25) is 10.0 Å². The first-order valence-electron chi connectivity index (χ1n) is 11.1. The Morgan fingerprint density at radius 1 is 1.11 bits per heavy atom. The highest BCUT2D eigenvalue weighted by molar-refractivity contribution is 7.90. The molecule has 1 heterocycles. The standard InChI is InChI=1S/C24H27Cl2N3O5S/c1-4-20(23(31)27-12-15(2)3)28(13-16-9-10-17(25)11-19(16)26)22(30)14-29-24(32)18-7-5-6-8-21(18)35(29,33)34/h5-11,15,20H,4,12-14H2,1-3H3,(H,27,31)/t20-/m1/s1. The molecular formula is C24H27Cl2N3O5S. The van der Waals surface area contributed by atoms with Crippen molar-refractivity contribution in [2.45, 2.75) is 44.7 Å². The quantitative estimate of drug-likeness (QED) is 0.522. The Labute approximate surface area is 215 Å². The van der Waals surface area contributed by atoms with Crippen LogP contribution in [0.4, 0.5) is 0 Å². The predicted octanol–water partition coefficient (Wildman–Crippen LogP) is 3.72. The van der Waals surface area contributed by atoms with Gasteiger partial charge < -0.3 is 10.2 Å². The average molecular weight is 540 g/mol. The molecule has 1 aliphatic heterocycles. The highest BCUT2D eigenvalue weighted by atomic mass is 35.5. The van der Waals surface area contributed by atoms with E-state index < -0.39 is 34.4 Å². The number of nitrogens with one attached hydrogen (secondary N) is 1. The molecule has 2 aromatic carbocycles. The summed E-state index contributed by atoms with van der Waals surface area (Å²) in [4.78, 5) is 40.5. The molecule has 188 valence electrons. The third kappa shape index (κ3) is 5.79. The van der Waals surface area contributed by atoms with Gasteiger partial charge in [-0.3, -0.25) is 14.4 Å². The summed E-state index contributed by atoms with van der Waals surface area (Å²) in [6.45, 7) is 5.23. The van der Waals surface area contributed by atoms with Crippen LogP contribution in [0, 0.1) is 5.92 Å². The molecule has 8 nitrogen and oxygen atoms in total. The molecule has 0 bridgehead atoms. The van der Waals surface area contributed by atoms with Crippen molar-refractivity contribution >= 4 is 50.9 Å². The monoisotopic (exact) mass is 539 g/mol. The molecule has 0 fully saturated rings. The van der Waals surface area contributed by atoms with Gasteiger partial charge in [0.05, 0.1) is 5.56 Å². The van der Waals surface area contributed by atoms with Gasteiger partial charge in [0.2, 0.25) is 11.8 Å². The summed E-state index contributed by atoms with van der Waals surface area (Å²) in [7, 11) is -4.19. The zero-order valence-electron chi connectivity index (χ0n) is 19.6. The van der Waals surface area contributed by atoms with Crippen molar-refractivity contribution in [1.82, 2.24) is 14.5 Å². The molecule has 11 heteroatoms. The van der Waals surface area contributed by atoms with Gasteiger partial charge in [0.1, 0.15) is 17.5 Å². The summed E-state index contributed by atoms with van der Waals surface area (Å²) in [6, 6.07) is 9.65. The van der Waals surface area contributed by atoms with Gasteiger partial charge in [0.25, 0.3) is 15.9 Å². The summed E-state index contributed by atoms with van der Waals surface area (Å²) in [5.74, 6) is -1.67. The SMILES string of the molecule is CC[C@H](C(=O)NCC(C)C)N(Cc1ccc(Cl)cc1Cl)C(=O)CN1C(=O)c2ccccc2S1(=O)=O. The molecule has 0 saturated heterocycles. The number of fused-ring (bicyclic) bond motifs is 1. The van der Waals surface area contributed by atoms with Crippen LogP contribution >= 0.6 is 23.2 Å². The predicted molar refractivity (Wildman–Crippen MR) is 134 cm³/mol. The summed E-state index contributed by atoms with van der Waals surface area (Å²) in [5, 5.41) is 3.53. The maximum atomic E-state index is 13.5. The first-order chi connectivity index (χ1) is 16.5. The number of carbonyl (C=O) groups excluding carboxylic acids is 3. The van der Waals surface area contributed by atoms with Gasteiger partial charge in [-0.05, 0) is 42.2 Å². The number of benzene rings is 2. The molecule has 0 unspecified atom stereocenters. The van der Waals surface area contributed by atoms with Crippen LogP contribution in [0.25, 0.3) is 0 Å². The van der Waals surface area contributed by atoms with Crippen LogP contribution in [-0.4, -0.2) is 54.5 Å². The van der Waals surface area contributed by atoms with Crippen molar-refractivity contribution in [3.05, 3.63) is 63.6 Å². The lowest BCUT2D eigenvalue weighted by molar-refractivity contribution is -0.141. The Morgan fingerprint density at radius 2 is 1.80 bits per heavy atom. The topological polar surface area (TPSA) is 104 Å². The lowest BCUT2D eigenvalue weighted by Gasteiger charge is -2.32. The first-order valence-corrected chi connectivity index (χ1v) is 13.3. The molecule has 3 amide bonds. The van der Waals surface area contributed by atoms with Crippen LogP contribution in [0.5, 0.6) is 0 Å². The molecular weight excluding hydrogens is 513 g/mol. The second kappa shape index (κ2) is 11.0. The molecule has 0 radical (unpaired) electrons. The molecule has 0 saturated carbocycles. The largest absolute Gasteiger partial charge is 0.354 e. The average Bonchev–Trinajstić information content (AvgIpc) is 2.99. The summed E-state index contributed by atoms with van der Waals surface area (Å²) in [6.07, 6.45) is 0.266. The zero-order valence-corrected chi connectivity index (χ0v) is 22.0. The smallest absolute Gasteiger partial charge is 0.269 e. The van der Waals surface area contributed by atoms with E-state index in [9.17, 15) is 22.8 Å². The number of rotatable bonds is 9. The third-order valence-electron chi connectivity index (χ3n) is 5.62. The van der Waals surface area contributed by atoms with E-state index in [4.69, 9.17) is 23.2 Å². The van der Waals surface area contributed by atoms with E-state index in [2.05, 4.69) is 5.32 Å². The van der Waals surface area contributed by atoms with Crippen LogP contribution in [-0.2, 0) is 26.2 Å². The number of hydrogen-bond donors (Lipinski definition) is 1. The lowest BCUT2D eigenvalue weighted by Crippen LogP contribution is -2.52. The molecule has 0 aromatic heterocycles. The molecule has 1 N–H and O–H groups in total. The number of hydrogen-bond acceptors (Lipinski definition) is 5. The second-order valence-corrected chi connectivity index (χ2v) is 11.3. The van der Waals surface area contributed by atoms with Crippen molar-refractivity contribution in [2.75, 3.05) is 13.1 Å². The van der Waals surface area contributed by atoms with E-state index in [1.54, 1.807) is 25.1 Å². The van der Waals surface area contributed by atoms with Gasteiger partial charge in [-0.25, -0.2) is 12.7 Å². The summed E-state index contributed by atoms with van der Waals surface area (Å²) in [5.41, 5.74) is 0.535. The molecule has 2 aromatic rings. The maximum Gasteiger partial charge on any atom is 0.269 e. The minimum absolute atomic E-state index is 0.00862. The van der Waals surface area contributed by atoms with Crippen LogP contribution in [0.1, 0.15) is 43.1 Å². The highest BCUT2D eigenvalue weighted by Crippen LogP contribution is 2.30. The minimum atomic E-state index is -4.19. The second-order valence-electron chi connectivity index (χ2n) is 8.63. The van der Waals surface area contributed by atoms with Gasteiger partial charge in [0, 0.05) is 23.1 Å². The Kier molecular flexibility index (Phi) is 8.46. The normalized spacial score (nSPS) is 15.1. The molecule has 1 aliphatic rings.